The minimum atomic E-state index is -0.617. The van der Waals surface area contributed by atoms with E-state index in [-0.39, 0.29) is 37.0 Å². The van der Waals surface area contributed by atoms with Crippen LogP contribution in [0.5, 0.6) is 5.75 Å². The zero-order valence-corrected chi connectivity index (χ0v) is 20.3. The quantitative estimate of drug-likeness (QED) is 0.449. The van der Waals surface area contributed by atoms with Gasteiger partial charge in [-0.1, -0.05) is 23.7 Å². The van der Waals surface area contributed by atoms with Gasteiger partial charge in [0, 0.05) is 17.3 Å². The van der Waals surface area contributed by atoms with E-state index >= 15 is 0 Å². The van der Waals surface area contributed by atoms with Gasteiger partial charge in [0.05, 0.1) is 19.1 Å². The van der Waals surface area contributed by atoms with Gasteiger partial charge in [-0.15, -0.1) is 0 Å². The van der Waals surface area contributed by atoms with Crippen LogP contribution in [0.3, 0.4) is 0 Å². The fraction of sp³-hybridized carbons (Fsp3) is 0.360. The van der Waals surface area contributed by atoms with E-state index in [1.54, 1.807) is 50.2 Å². The number of esters is 1. The first-order valence-corrected chi connectivity index (χ1v) is 11.9. The van der Waals surface area contributed by atoms with Crippen molar-refractivity contribution in [3.05, 3.63) is 80.1 Å². The van der Waals surface area contributed by atoms with Gasteiger partial charge in [0.25, 0.3) is 0 Å². The summed E-state index contributed by atoms with van der Waals surface area (Å²) in [5.74, 6) is 0.531. The van der Waals surface area contributed by atoms with Crippen molar-refractivity contribution in [2.24, 2.45) is 5.92 Å². The molecule has 184 valence electrons. The maximum atomic E-state index is 13.0. The molecule has 3 aromatic rings. The van der Waals surface area contributed by atoms with Gasteiger partial charge in [-0.25, -0.2) is 14.2 Å². The zero-order chi connectivity index (χ0) is 24.9. The van der Waals surface area contributed by atoms with Crippen molar-refractivity contribution in [1.29, 1.82) is 0 Å². The summed E-state index contributed by atoms with van der Waals surface area (Å²) in [4.78, 5) is 41.2. The largest absolute Gasteiger partial charge is 0.490 e. The lowest BCUT2D eigenvalue weighted by molar-refractivity contribution is -0.154. The lowest BCUT2D eigenvalue weighted by Gasteiger charge is -2.33. The van der Waals surface area contributed by atoms with Crippen molar-refractivity contribution >= 4 is 29.2 Å². The zero-order valence-electron chi connectivity index (χ0n) is 19.6. The van der Waals surface area contributed by atoms with Gasteiger partial charge < -0.3 is 14.8 Å². The fourth-order valence-electron chi connectivity index (χ4n) is 3.86. The average Bonchev–Trinajstić information content (AvgIpc) is 2.81. The number of carbonyl (C=O) groups excluding carboxylic acids is 1. The molecule has 2 aromatic carbocycles. The van der Waals surface area contributed by atoms with Gasteiger partial charge in [0.15, 0.2) is 0 Å². The molecule has 0 spiro atoms. The van der Waals surface area contributed by atoms with E-state index in [9.17, 15) is 14.4 Å². The second-order valence-corrected chi connectivity index (χ2v) is 8.70. The Labute approximate surface area is 207 Å². The van der Waals surface area contributed by atoms with E-state index in [2.05, 4.69) is 10.3 Å². The Morgan fingerprint density at radius 2 is 1.74 bits per heavy atom. The molecule has 0 radical (unpaired) electrons. The Bertz CT molecular complexity index is 1300. The molecule has 1 heterocycles. The van der Waals surface area contributed by atoms with Gasteiger partial charge in [0.2, 0.25) is 5.95 Å². The molecule has 1 aliphatic carbocycles. The number of nitrogens with one attached hydrogen (secondary N) is 1. The van der Waals surface area contributed by atoms with Crippen molar-refractivity contribution in [1.82, 2.24) is 14.1 Å². The van der Waals surface area contributed by atoms with Gasteiger partial charge in [-0.3, -0.25) is 9.36 Å². The number of nitrogens with zero attached hydrogens (tertiary/aromatic N) is 3. The Morgan fingerprint density at radius 1 is 1.06 bits per heavy atom. The summed E-state index contributed by atoms with van der Waals surface area (Å²) in [6, 6.07) is 14.3. The molecule has 10 heteroatoms. The highest BCUT2D eigenvalue weighted by Crippen LogP contribution is 2.32. The highest BCUT2D eigenvalue weighted by molar-refractivity contribution is 6.30. The van der Waals surface area contributed by atoms with Crippen LogP contribution < -0.4 is 21.4 Å². The van der Waals surface area contributed by atoms with Crippen LogP contribution in [0.25, 0.3) is 0 Å². The lowest BCUT2D eigenvalue weighted by Crippen LogP contribution is -2.42. The second-order valence-electron chi connectivity index (χ2n) is 8.27. The number of rotatable bonds is 9. The number of halogens is 1. The van der Waals surface area contributed by atoms with Crippen LogP contribution in [0.1, 0.15) is 32.3 Å². The number of anilines is 2. The third kappa shape index (κ3) is 5.74. The summed E-state index contributed by atoms with van der Waals surface area (Å²) < 4.78 is 13.5. The van der Waals surface area contributed by atoms with Crippen LogP contribution >= 0.6 is 11.6 Å². The van der Waals surface area contributed by atoms with E-state index < -0.39 is 11.4 Å². The summed E-state index contributed by atoms with van der Waals surface area (Å²) in [6.45, 7) is 4.33. The topological polar surface area (TPSA) is 104 Å². The molecule has 9 nitrogen and oxygen atoms in total. The van der Waals surface area contributed by atoms with E-state index in [0.717, 1.165) is 10.1 Å². The summed E-state index contributed by atoms with van der Waals surface area (Å²) in [5, 5.41) is 3.67. The molecule has 0 aliphatic heterocycles. The molecule has 0 saturated heterocycles. The molecule has 0 amide bonds. The molecule has 0 atom stereocenters. The number of hydrogen-bond acceptors (Lipinski definition) is 7. The van der Waals surface area contributed by atoms with Crippen molar-refractivity contribution < 1.29 is 14.3 Å². The first-order chi connectivity index (χ1) is 16.9. The first-order valence-electron chi connectivity index (χ1n) is 11.5. The standard InChI is InChI=1S/C25H27ClN4O5/c1-3-29-24(32)28-23(30(25(29)33)15-16-5-7-18(26)8-6-16)27-19-9-11-20(12-10-19)35-21-13-17(14-21)22(31)34-4-2/h5-12,17,21H,3-4,13-15H2,1-2H3,(H,27,28,32). The SMILES string of the molecule is CCOC(=O)C1CC(Oc2ccc(Nc3nc(=O)n(CC)c(=O)n3Cc3ccc(Cl)cc3)cc2)C1. The smallest absolute Gasteiger partial charge is 0.354 e. The normalized spacial score (nSPS) is 16.9. The van der Waals surface area contributed by atoms with Crippen LogP contribution in [0.4, 0.5) is 11.6 Å². The van der Waals surface area contributed by atoms with Crippen molar-refractivity contribution in [3.8, 4) is 5.75 Å². The second kappa shape index (κ2) is 10.8. The first kappa shape index (κ1) is 24.5. The molecular formula is C25H27ClN4O5. The van der Waals surface area contributed by atoms with E-state index in [1.165, 1.54) is 4.57 Å². The predicted molar refractivity (Wildman–Crippen MR) is 132 cm³/mol. The average molecular weight is 499 g/mol. The van der Waals surface area contributed by atoms with Gasteiger partial charge >= 0.3 is 17.3 Å². The van der Waals surface area contributed by atoms with E-state index in [1.807, 2.05) is 12.1 Å². The van der Waals surface area contributed by atoms with Gasteiger partial charge in [0.1, 0.15) is 11.9 Å². The van der Waals surface area contributed by atoms with Gasteiger partial charge in [-0.05, 0) is 68.7 Å². The molecule has 0 unspecified atom stereocenters. The molecule has 4 rings (SSSR count). The van der Waals surface area contributed by atoms with Crippen LogP contribution in [0.15, 0.2) is 58.1 Å². The third-order valence-electron chi connectivity index (χ3n) is 5.85. The summed E-state index contributed by atoms with van der Waals surface area (Å²) in [6.07, 6.45) is 1.23. The number of ether oxygens (including phenoxy) is 2. The maximum Gasteiger partial charge on any atom is 0.354 e. The lowest BCUT2D eigenvalue weighted by atomic mass is 9.82. The van der Waals surface area contributed by atoms with Crippen LogP contribution in [-0.4, -0.2) is 32.8 Å². The minimum absolute atomic E-state index is 0.0314. The Morgan fingerprint density at radius 3 is 2.37 bits per heavy atom. The van der Waals surface area contributed by atoms with Crippen molar-refractivity contribution in [2.45, 2.75) is 45.9 Å². The van der Waals surface area contributed by atoms with Crippen molar-refractivity contribution in [3.63, 3.8) is 0 Å². The monoisotopic (exact) mass is 498 g/mol. The molecular weight excluding hydrogens is 472 g/mol. The number of aromatic nitrogens is 3. The molecule has 1 aliphatic rings. The summed E-state index contributed by atoms with van der Waals surface area (Å²) in [7, 11) is 0. The van der Waals surface area contributed by atoms with Crippen LogP contribution in [0, 0.1) is 5.92 Å². The summed E-state index contributed by atoms with van der Waals surface area (Å²) >= 11 is 5.97. The molecule has 1 N–H and O–H groups in total. The molecule has 0 bridgehead atoms. The highest BCUT2D eigenvalue weighted by Gasteiger charge is 2.37. The Kier molecular flexibility index (Phi) is 7.55. The van der Waals surface area contributed by atoms with Crippen molar-refractivity contribution in [2.75, 3.05) is 11.9 Å². The molecule has 35 heavy (non-hydrogen) atoms. The minimum Gasteiger partial charge on any atom is -0.490 e. The highest BCUT2D eigenvalue weighted by atomic mass is 35.5. The number of carbonyl (C=O) groups is 1. The number of hydrogen-bond donors (Lipinski definition) is 1. The maximum absolute atomic E-state index is 13.0. The van der Waals surface area contributed by atoms with Gasteiger partial charge in [-0.2, -0.15) is 4.98 Å². The summed E-state index contributed by atoms with van der Waals surface area (Å²) in [5.41, 5.74) is 0.410. The van der Waals surface area contributed by atoms with Crippen LogP contribution in [0.2, 0.25) is 5.02 Å². The predicted octanol–water partition coefficient (Wildman–Crippen LogP) is 3.59. The van der Waals surface area contributed by atoms with E-state index in [4.69, 9.17) is 21.1 Å². The fourth-order valence-corrected chi connectivity index (χ4v) is 3.99. The molecule has 1 aromatic heterocycles. The Balaban J connectivity index is 1.48. The molecule has 1 fully saturated rings. The Hall–Kier alpha value is -3.59. The van der Waals surface area contributed by atoms with Crippen LogP contribution in [-0.2, 0) is 22.6 Å². The van der Waals surface area contributed by atoms with E-state index in [0.29, 0.717) is 35.9 Å². The number of benzene rings is 2. The third-order valence-corrected chi connectivity index (χ3v) is 6.10. The molecule has 1 saturated carbocycles.